The topological polar surface area (TPSA) is 61.4 Å². The molecule has 6 heteroatoms. The normalized spacial score (nSPS) is 21.2. The summed E-state index contributed by atoms with van der Waals surface area (Å²) >= 11 is 0. The highest BCUT2D eigenvalue weighted by Gasteiger charge is 2.20. The second-order valence-electron chi connectivity index (χ2n) is 5.98. The van der Waals surface area contributed by atoms with Crippen molar-refractivity contribution in [2.45, 2.75) is 38.3 Å². The van der Waals surface area contributed by atoms with Crippen LogP contribution < -0.4 is 10.6 Å². The molecular formula is C17H22F2N2O2. The van der Waals surface area contributed by atoms with E-state index in [1.807, 2.05) is 19.1 Å². The number of aliphatic hydroxyl groups excluding tert-OH is 1. The second-order valence-corrected chi connectivity index (χ2v) is 5.98. The number of urea groups is 1. The number of amides is 2. The largest absolute Gasteiger partial charge is 0.396 e. The maximum Gasteiger partial charge on any atom is 0.315 e. The quantitative estimate of drug-likeness (QED) is 0.704. The first-order chi connectivity index (χ1) is 11.0. The molecule has 1 aliphatic carbocycles. The maximum atomic E-state index is 13.1. The van der Waals surface area contributed by atoms with Crippen molar-refractivity contribution in [3.8, 4) is 0 Å². The Morgan fingerprint density at radius 1 is 1.35 bits per heavy atom. The number of halogens is 2. The van der Waals surface area contributed by atoms with Crippen LogP contribution in [0, 0.1) is 17.6 Å². The van der Waals surface area contributed by atoms with Crippen molar-refractivity contribution in [3.63, 3.8) is 0 Å². The highest BCUT2D eigenvalue weighted by molar-refractivity contribution is 5.74. The van der Waals surface area contributed by atoms with E-state index in [0.717, 1.165) is 6.07 Å². The van der Waals surface area contributed by atoms with Crippen LogP contribution in [0.5, 0.6) is 0 Å². The number of benzene rings is 1. The fourth-order valence-electron chi connectivity index (χ4n) is 2.60. The van der Waals surface area contributed by atoms with E-state index in [0.29, 0.717) is 24.8 Å². The fraction of sp³-hybridized carbons (Fsp3) is 0.471. The molecule has 126 valence electrons. The lowest BCUT2D eigenvalue weighted by atomic mass is 10.1. The first kappa shape index (κ1) is 17.4. The van der Waals surface area contributed by atoms with Gasteiger partial charge in [0.1, 0.15) is 0 Å². The Morgan fingerprint density at radius 2 is 2.13 bits per heavy atom. The van der Waals surface area contributed by atoms with E-state index in [9.17, 15) is 13.6 Å². The average Bonchev–Trinajstić information content (AvgIpc) is 2.96. The van der Waals surface area contributed by atoms with Crippen molar-refractivity contribution < 1.29 is 18.7 Å². The Balaban J connectivity index is 1.71. The van der Waals surface area contributed by atoms with Crippen molar-refractivity contribution >= 4 is 6.03 Å². The molecule has 1 aromatic carbocycles. The molecule has 2 rings (SSSR count). The average molecular weight is 324 g/mol. The number of hydrogen-bond donors (Lipinski definition) is 3. The van der Waals surface area contributed by atoms with Crippen LogP contribution in [-0.2, 0) is 6.42 Å². The number of aryl methyl sites for hydroxylation is 1. The molecule has 3 atom stereocenters. The zero-order valence-electron chi connectivity index (χ0n) is 13.1. The van der Waals surface area contributed by atoms with Crippen LogP contribution in [0.4, 0.5) is 13.6 Å². The van der Waals surface area contributed by atoms with E-state index in [1.54, 1.807) is 6.07 Å². The van der Waals surface area contributed by atoms with E-state index in [2.05, 4.69) is 10.6 Å². The number of carbonyl (C=O) groups is 1. The summed E-state index contributed by atoms with van der Waals surface area (Å²) in [5.74, 6) is -1.61. The van der Waals surface area contributed by atoms with Crippen molar-refractivity contribution in [2.75, 3.05) is 6.61 Å². The van der Waals surface area contributed by atoms with Crippen LogP contribution in [0.25, 0.3) is 0 Å². The zero-order valence-corrected chi connectivity index (χ0v) is 13.1. The number of carbonyl (C=O) groups excluding carboxylic acids is 1. The fourth-order valence-corrected chi connectivity index (χ4v) is 2.60. The molecule has 0 spiro atoms. The third-order valence-electron chi connectivity index (χ3n) is 3.95. The molecule has 1 aliphatic rings. The third-order valence-corrected chi connectivity index (χ3v) is 3.95. The molecule has 0 bridgehead atoms. The molecule has 1 unspecified atom stereocenters. The van der Waals surface area contributed by atoms with E-state index in [1.165, 1.54) is 6.07 Å². The summed E-state index contributed by atoms with van der Waals surface area (Å²) in [5, 5.41) is 14.7. The molecule has 23 heavy (non-hydrogen) atoms. The lowest BCUT2D eigenvalue weighted by molar-refractivity contribution is 0.228. The first-order valence-electron chi connectivity index (χ1n) is 7.78. The molecule has 0 saturated heterocycles. The first-order valence-corrected chi connectivity index (χ1v) is 7.78. The predicted molar refractivity (Wildman–Crippen MR) is 83.9 cm³/mol. The van der Waals surface area contributed by atoms with Crippen molar-refractivity contribution in [3.05, 3.63) is 47.5 Å². The lowest BCUT2D eigenvalue weighted by Crippen LogP contribution is -2.44. The van der Waals surface area contributed by atoms with Crippen LogP contribution in [0.2, 0.25) is 0 Å². The third kappa shape index (κ3) is 5.32. The van der Waals surface area contributed by atoms with Crippen molar-refractivity contribution in [1.82, 2.24) is 10.6 Å². The number of hydrogen-bond acceptors (Lipinski definition) is 2. The molecule has 4 nitrogen and oxygen atoms in total. The summed E-state index contributed by atoms with van der Waals surface area (Å²) in [6.45, 7) is 1.95. The van der Waals surface area contributed by atoms with E-state index in [-0.39, 0.29) is 30.6 Å². The van der Waals surface area contributed by atoms with Crippen molar-refractivity contribution in [1.29, 1.82) is 0 Å². The van der Waals surface area contributed by atoms with Gasteiger partial charge in [-0.25, -0.2) is 13.6 Å². The van der Waals surface area contributed by atoms with Crippen LogP contribution >= 0.6 is 0 Å². The van der Waals surface area contributed by atoms with Crippen LogP contribution in [0.1, 0.15) is 25.3 Å². The van der Waals surface area contributed by atoms with Crippen LogP contribution in [0.3, 0.4) is 0 Å². The van der Waals surface area contributed by atoms with Gasteiger partial charge in [-0.3, -0.25) is 0 Å². The highest BCUT2D eigenvalue weighted by Crippen LogP contribution is 2.17. The van der Waals surface area contributed by atoms with Gasteiger partial charge in [-0.2, -0.15) is 0 Å². The van der Waals surface area contributed by atoms with Crippen molar-refractivity contribution in [2.24, 2.45) is 5.92 Å². The van der Waals surface area contributed by atoms with Gasteiger partial charge in [0.05, 0.1) is 0 Å². The zero-order chi connectivity index (χ0) is 16.8. The Hall–Kier alpha value is -1.95. The smallest absolute Gasteiger partial charge is 0.315 e. The van der Waals surface area contributed by atoms with E-state index < -0.39 is 11.6 Å². The maximum absolute atomic E-state index is 13.1. The van der Waals surface area contributed by atoms with Gasteiger partial charge in [0.15, 0.2) is 11.6 Å². The predicted octanol–water partition coefficient (Wildman–Crippen LogP) is 2.52. The standard InChI is InChI=1S/C17H22F2N2O2/c1-11(2-3-12-5-7-15(18)16(19)9-12)20-17(23)21-14-6-4-13(8-14)10-22/h4-7,9,11,13-14,22H,2-3,8,10H2,1H3,(H2,20,21,23)/t11?,13-,14+/m0/s1. The molecule has 0 heterocycles. The minimum absolute atomic E-state index is 0.0643. The SMILES string of the molecule is CC(CCc1ccc(F)c(F)c1)NC(=O)N[C@@H]1C=C[C@H](CO)C1. The molecule has 2 amide bonds. The minimum Gasteiger partial charge on any atom is -0.396 e. The summed E-state index contributed by atoms with van der Waals surface area (Å²) in [7, 11) is 0. The molecule has 0 radical (unpaired) electrons. The molecule has 0 aliphatic heterocycles. The Labute approximate surface area is 134 Å². The number of rotatable bonds is 6. The Kier molecular flexibility index (Phi) is 6.10. The summed E-state index contributed by atoms with van der Waals surface area (Å²) in [6, 6.07) is 3.41. The summed E-state index contributed by atoms with van der Waals surface area (Å²) in [5.41, 5.74) is 0.697. The lowest BCUT2D eigenvalue weighted by Gasteiger charge is -2.17. The summed E-state index contributed by atoms with van der Waals surface area (Å²) < 4.78 is 26.0. The second kappa shape index (κ2) is 8.06. The monoisotopic (exact) mass is 324 g/mol. The number of nitrogens with one attached hydrogen (secondary N) is 2. The molecule has 0 aromatic heterocycles. The molecule has 1 aromatic rings. The Morgan fingerprint density at radius 3 is 2.78 bits per heavy atom. The number of aliphatic hydroxyl groups is 1. The van der Waals surface area contributed by atoms with E-state index >= 15 is 0 Å². The van der Waals surface area contributed by atoms with Crippen LogP contribution in [-0.4, -0.2) is 29.8 Å². The summed E-state index contributed by atoms with van der Waals surface area (Å²) in [4.78, 5) is 11.9. The van der Waals surface area contributed by atoms with Gasteiger partial charge in [-0.1, -0.05) is 18.2 Å². The molecule has 0 saturated carbocycles. The van der Waals surface area contributed by atoms with Gasteiger partial charge >= 0.3 is 6.03 Å². The van der Waals surface area contributed by atoms with Crippen LogP contribution in [0.15, 0.2) is 30.4 Å². The van der Waals surface area contributed by atoms with Gasteiger partial charge in [-0.15, -0.1) is 0 Å². The van der Waals surface area contributed by atoms with Gasteiger partial charge in [0, 0.05) is 24.6 Å². The Bertz CT molecular complexity index is 578. The van der Waals surface area contributed by atoms with Gasteiger partial charge < -0.3 is 15.7 Å². The highest BCUT2D eigenvalue weighted by atomic mass is 19.2. The van der Waals surface area contributed by atoms with Gasteiger partial charge in [-0.05, 0) is 43.9 Å². The van der Waals surface area contributed by atoms with Gasteiger partial charge in [0.2, 0.25) is 0 Å². The van der Waals surface area contributed by atoms with E-state index in [4.69, 9.17) is 5.11 Å². The molecular weight excluding hydrogens is 302 g/mol. The molecule has 0 fully saturated rings. The molecule has 3 N–H and O–H groups in total. The summed E-state index contributed by atoms with van der Waals surface area (Å²) in [6.07, 6.45) is 5.66. The minimum atomic E-state index is -0.856. The van der Waals surface area contributed by atoms with Gasteiger partial charge in [0.25, 0.3) is 0 Å².